The zero-order valence-electron chi connectivity index (χ0n) is 10.6. The number of nitrogens with zero attached hydrogens (tertiary/aromatic N) is 2. The third-order valence-electron chi connectivity index (χ3n) is 2.96. The van der Waals surface area contributed by atoms with Crippen molar-refractivity contribution < 1.29 is 4.79 Å². The highest BCUT2D eigenvalue weighted by Crippen LogP contribution is 2.12. The molecule has 0 saturated heterocycles. The largest absolute Gasteiger partial charge is 0.326 e. The van der Waals surface area contributed by atoms with Gasteiger partial charge in [0.05, 0.1) is 12.1 Å². The second-order valence-corrected chi connectivity index (χ2v) is 5.66. The van der Waals surface area contributed by atoms with E-state index < -0.39 is 0 Å². The van der Waals surface area contributed by atoms with Gasteiger partial charge in [0.15, 0.2) is 0 Å². The zero-order chi connectivity index (χ0) is 13.9. The molecule has 3 aromatic rings. The third kappa shape index (κ3) is 2.82. The number of pyridine rings is 1. The van der Waals surface area contributed by atoms with E-state index in [1.54, 1.807) is 6.20 Å². The lowest BCUT2D eigenvalue weighted by Crippen LogP contribution is -2.15. The molecule has 0 unspecified atom stereocenters. The van der Waals surface area contributed by atoms with Crippen molar-refractivity contribution in [3.63, 3.8) is 0 Å². The van der Waals surface area contributed by atoms with Crippen molar-refractivity contribution in [1.29, 1.82) is 0 Å². The number of imidazole rings is 1. The molecule has 0 fully saturated rings. The number of rotatable bonds is 3. The molecule has 2 heterocycles. The van der Waals surface area contributed by atoms with Crippen LogP contribution in [0.3, 0.4) is 0 Å². The van der Waals surface area contributed by atoms with Crippen molar-refractivity contribution >= 4 is 39.8 Å². The smallest absolute Gasteiger partial charge is 0.230 e. The van der Waals surface area contributed by atoms with Gasteiger partial charge in [0.2, 0.25) is 5.91 Å². The standard InChI is InChI=1S/C15H12IN3O/c16-11-4-6-12(7-5-11)18-15(20)9-13-10-17-14-3-1-2-8-19(13)14/h1-8,10H,9H2,(H,18,20). The van der Waals surface area contributed by atoms with Crippen molar-refractivity contribution in [2.75, 3.05) is 5.32 Å². The average Bonchev–Trinajstić information content (AvgIpc) is 2.85. The number of amides is 1. The average molecular weight is 377 g/mol. The number of benzene rings is 1. The molecule has 3 rings (SSSR count). The van der Waals surface area contributed by atoms with Crippen molar-refractivity contribution in [3.8, 4) is 0 Å². The summed E-state index contributed by atoms with van der Waals surface area (Å²) < 4.78 is 3.07. The van der Waals surface area contributed by atoms with Crippen LogP contribution in [0.4, 0.5) is 5.69 Å². The van der Waals surface area contributed by atoms with Crippen LogP contribution in [-0.2, 0) is 11.2 Å². The minimum Gasteiger partial charge on any atom is -0.326 e. The van der Waals surface area contributed by atoms with E-state index in [-0.39, 0.29) is 5.91 Å². The van der Waals surface area contributed by atoms with E-state index in [0.29, 0.717) is 6.42 Å². The molecule has 100 valence electrons. The van der Waals surface area contributed by atoms with E-state index in [0.717, 1.165) is 20.6 Å². The molecule has 1 N–H and O–H groups in total. The first-order valence-electron chi connectivity index (χ1n) is 6.19. The van der Waals surface area contributed by atoms with Crippen LogP contribution < -0.4 is 5.32 Å². The van der Waals surface area contributed by atoms with Crippen LogP contribution in [0.5, 0.6) is 0 Å². The summed E-state index contributed by atoms with van der Waals surface area (Å²) in [6.07, 6.45) is 3.95. The summed E-state index contributed by atoms with van der Waals surface area (Å²) in [5.74, 6) is -0.0446. The number of halogens is 1. The van der Waals surface area contributed by atoms with E-state index in [9.17, 15) is 4.79 Å². The van der Waals surface area contributed by atoms with Gasteiger partial charge < -0.3 is 9.72 Å². The molecule has 20 heavy (non-hydrogen) atoms. The minimum atomic E-state index is -0.0446. The molecule has 1 amide bonds. The van der Waals surface area contributed by atoms with Crippen LogP contribution in [0.1, 0.15) is 5.69 Å². The van der Waals surface area contributed by atoms with E-state index in [4.69, 9.17) is 0 Å². The van der Waals surface area contributed by atoms with Crippen molar-refractivity contribution in [1.82, 2.24) is 9.38 Å². The summed E-state index contributed by atoms with van der Waals surface area (Å²) in [4.78, 5) is 16.3. The van der Waals surface area contributed by atoms with E-state index >= 15 is 0 Å². The Labute approximate surface area is 130 Å². The molecule has 5 heteroatoms. The number of nitrogens with one attached hydrogen (secondary N) is 1. The summed E-state index contributed by atoms with van der Waals surface area (Å²) in [6.45, 7) is 0. The molecule has 0 spiro atoms. The van der Waals surface area contributed by atoms with Gasteiger partial charge in [-0.1, -0.05) is 6.07 Å². The highest BCUT2D eigenvalue weighted by molar-refractivity contribution is 14.1. The maximum absolute atomic E-state index is 12.1. The van der Waals surface area contributed by atoms with Crippen molar-refractivity contribution in [2.45, 2.75) is 6.42 Å². The molecular weight excluding hydrogens is 365 g/mol. The molecule has 2 aromatic heterocycles. The van der Waals surface area contributed by atoms with E-state index in [1.165, 1.54) is 0 Å². The lowest BCUT2D eigenvalue weighted by molar-refractivity contribution is -0.115. The van der Waals surface area contributed by atoms with E-state index in [2.05, 4.69) is 32.9 Å². The summed E-state index contributed by atoms with van der Waals surface area (Å²) in [6, 6.07) is 13.5. The summed E-state index contributed by atoms with van der Waals surface area (Å²) in [5, 5.41) is 2.89. The topological polar surface area (TPSA) is 46.4 Å². The SMILES string of the molecule is O=C(Cc1cnc2ccccn12)Nc1ccc(I)cc1. The quantitative estimate of drug-likeness (QED) is 0.713. The Morgan fingerprint density at radius 1 is 1.20 bits per heavy atom. The number of aromatic nitrogens is 2. The molecule has 0 aliphatic heterocycles. The monoisotopic (exact) mass is 377 g/mol. The molecule has 0 aliphatic carbocycles. The highest BCUT2D eigenvalue weighted by Gasteiger charge is 2.08. The number of hydrogen-bond donors (Lipinski definition) is 1. The van der Waals surface area contributed by atoms with Gasteiger partial charge in [0.25, 0.3) is 0 Å². The van der Waals surface area contributed by atoms with E-state index in [1.807, 2.05) is 53.1 Å². The first kappa shape index (κ1) is 13.1. The predicted molar refractivity (Wildman–Crippen MR) is 86.7 cm³/mol. The van der Waals surface area contributed by atoms with Crippen LogP contribution in [0, 0.1) is 3.57 Å². The van der Waals surface area contributed by atoms with Gasteiger partial charge in [-0.25, -0.2) is 4.98 Å². The number of fused-ring (bicyclic) bond motifs is 1. The summed E-state index contributed by atoms with van der Waals surface area (Å²) in [7, 11) is 0. The Morgan fingerprint density at radius 2 is 2.00 bits per heavy atom. The molecule has 0 bridgehead atoms. The molecule has 0 atom stereocenters. The maximum Gasteiger partial charge on any atom is 0.230 e. The Morgan fingerprint density at radius 3 is 2.80 bits per heavy atom. The first-order valence-corrected chi connectivity index (χ1v) is 7.26. The molecule has 1 aromatic carbocycles. The minimum absolute atomic E-state index is 0.0446. The van der Waals surface area contributed by atoms with Crippen molar-refractivity contribution in [2.24, 2.45) is 0 Å². The van der Waals surface area contributed by atoms with Crippen LogP contribution >= 0.6 is 22.6 Å². The van der Waals surface area contributed by atoms with Gasteiger partial charge >= 0.3 is 0 Å². The van der Waals surface area contributed by atoms with Gasteiger partial charge in [-0.05, 0) is 59.0 Å². The number of carbonyl (C=O) groups is 1. The molecule has 0 saturated carbocycles. The molecule has 0 radical (unpaired) electrons. The Bertz CT molecular complexity index is 749. The Kier molecular flexibility index (Phi) is 3.68. The molecular formula is C15H12IN3O. The Balaban J connectivity index is 1.74. The lowest BCUT2D eigenvalue weighted by atomic mass is 10.2. The lowest BCUT2D eigenvalue weighted by Gasteiger charge is -2.05. The zero-order valence-corrected chi connectivity index (χ0v) is 12.7. The van der Waals surface area contributed by atoms with Crippen LogP contribution in [-0.4, -0.2) is 15.3 Å². The van der Waals surface area contributed by atoms with Gasteiger partial charge in [0.1, 0.15) is 5.65 Å². The van der Waals surface area contributed by atoms with Crippen LogP contribution in [0.2, 0.25) is 0 Å². The first-order chi connectivity index (χ1) is 9.72. The van der Waals surface area contributed by atoms with Crippen molar-refractivity contribution in [3.05, 3.63) is 64.1 Å². The van der Waals surface area contributed by atoms with Crippen LogP contribution in [0.15, 0.2) is 54.9 Å². The summed E-state index contributed by atoms with van der Waals surface area (Å²) >= 11 is 2.23. The predicted octanol–water partition coefficient (Wildman–Crippen LogP) is 3.12. The molecule has 0 aliphatic rings. The second kappa shape index (κ2) is 5.62. The van der Waals surface area contributed by atoms with Gasteiger partial charge in [-0.2, -0.15) is 0 Å². The summed E-state index contributed by atoms with van der Waals surface area (Å²) in [5.41, 5.74) is 2.54. The van der Waals surface area contributed by atoms with Gasteiger partial charge in [0, 0.05) is 21.7 Å². The maximum atomic E-state index is 12.1. The highest BCUT2D eigenvalue weighted by atomic mass is 127. The van der Waals surface area contributed by atoms with Gasteiger partial charge in [-0.3, -0.25) is 4.79 Å². The second-order valence-electron chi connectivity index (χ2n) is 4.41. The normalized spacial score (nSPS) is 10.7. The number of carbonyl (C=O) groups excluding carboxylic acids is 1. The fourth-order valence-electron chi connectivity index (χ4n) is 2.02. The molecule has 4 nitrogen and oxygen atoms in total. The third-order valence-corrected chi connectivity index (χ3v) is 3.68. The van der Waals surface area contributed by atoms with Crippen LogP contribution in [0.25, 0.3) is 5.65 Å². The number of anilines is 1. The Hall–Kier alpha value is -1.89. The number of hydrogen-bond acceptors (Lipinski definition) is 2. The fraction of sp³-hybridized carbons (Fsp3) is 0.0667. The fourth-order valence-corrected chi connectivity index (χ4v) is 2.38. The van der Waals surface area contributed by atoms with Gasteiger partial charge in [-0.15, -0.1) is 0 Å².